The van der Waals surface area contributed by atoms with Gasteiger partial charge >= 0.3 is 0 Å². The van der Waals surface area contributed by atoms with Gasteiger partial charge in [0.1, 0.15) is 5.15 Å². The third-order valence-electron chi connectivity index (χ3n) is 4.39. The molecule has 18 heavy (non-hydrogen) atoms. The zero-order valence-electron chi connectivity index (χ0n) is 10.6. The molecule has 1 saturated carbocycles. The molecule has 1 aromatic heterocycles. The van der Waals surface area contributed by atoms with Gasteiger partial charge in [0.05, 0.1) is 5.69 Å². The van der Waals surface area contributed by atoms with E-state index in [-0.39, 0.29) is 0 Å². The van der Waals surface area contributed by atoms with E-state index in [1.54, 1.807) is 6.07 Å². The number of hydrogen-bond acceptors (Lipinski definition) is 3. The maximum atomic E-state index is 6.07. The van der Waals surface area contributed by atoms with Crippen molar-refractivity contribution < 1.29 is 0 Å². The molecule has 1 aliphatic carbocycles. The van der Waals surface area contributed by atoms with Gasteiger partial charge in [-0.25, -0.2) is 4.98 Å². The molecule has 1 aliphatic heterocycles. The molecule has 2 N–H and O–H groups in total. The summed E-state index contributed by atoms with van der Waals surface area (Å²) < 4.78 is 0. The average Bonchev–Trinajstić information content (AvgIpc) is 3.00. The van der Waals surface area contributed by atoms with Crippen molar-refractivity contribution in [1.29, 1.82) is 0 Å². The summed E-state index contributed by atoms with van der Waals surface area (Å²) in [5, 5.41) is 0.538. The van der Waals surface area contributed by atoms with Gasteiger partial charge in [0.25, 0.3) is 0 Å². The van der Waals surface area contributed by atoms with E-state index in [0.717, 1.165) is 24.0 Å². The molecule has 0 bridgehead atoms. The van der Waals surface area contributed by atoms with Gasteiger partial charge in [-0.05, 0) is 43.7 Å². The van der Waals surface area contributed by atoms with Crippen LogP contribution < -0.4 is 10.6 Å². The summed E-state index contributed by atoms with van der Waals surface area (Å²) in [5.41, 5.74) is 6.82. The van der Waals surface area contributed by atoms with E-state index in [1.165, 1.54) is 38.5 Å². The molecule has 4 heteroatoms. The third-order valence-corrected chi connectivity index (χ3v) is 4.60. The Morgan fingerprint density at radius 1 is 1.17 bits per heavy atom. The molecule has 1 atom stereocenters. The van der Waals surface area contributed by atoms with Crippen LogP contribution in [0.1, 0.15) is 38.5 Å². The van der Waals surface area contributed by atoms with Crippen LogP contribution in [0.25, 0.3) is 0 Å². The summed E-state index contributed by atoms with van der Waals surface area (Å²) >= 11 is 6.01. The van der Waals surface area contributed by atoms with Crippen LogP contribution in [0, 0.1) is 5.92 Å². The topological polar surface area (TPSA) is 42.1 Å². The minimum absolute atomic E-state index is 0.538. The standard InChI is InChI=1S/C14H20ClN3/c15-13-8-7-11(16)14(17-13)18-9-3-6-12(18)10-4-1-2-5-10/h7-8,10,12H,1-6,9,16H2. The number of nitrogens with two attached hydrogens (primary N) is 1. The fraction of sp³-hybridized carbons (Fsp3) is 0.643. The van der Waals surface area contributed by atoms with Gasteiger partial charge in [-0.2, -0.15) is 0 Å². The highest BCUT2D eigenvalue weighted by atomic mass is 35.5. The lowest BCUT2D eigenvalue weighted by Crippen LogP contribution is -2.35. The first-order chi connectivity index (χ1) is 8.75. The lowest BCUT2D eigenvalue weighted by molar-refractivity contribution is 0.429. The molecule has 0 spiro atoms. The summed E-state index contributed by atoms with van der Waals surface area (Å²) in [7, 11) is 0. The van der Waals surface area contributed by atoms with Crippen LogP contribution in [0.2, 0.25) is 5.15 Å². The molecule has 1 saturated heterocycles. The smallest absolute Gasteiger partial charge is 0.153 e. The first kappa shape index (κ1) is 12.1. The second-order valence-electron chi connectivity index (χ2n) is 5.49. The number of halogens is 1. The summed E-state index contributed by atoms with van der Waals surface area (Å²) in [6.07, 6.45) is 8.01. The molecule has 0 amide bonds. The van der Waals surface area contributed by atoms with Gasteiger partial charge in [0.15, 0.2) is 5.82 Å². The Morgan fingerprint density at radius 3 is 2.72 bits per heavy atom. The predicted octanol–water partition coefficient (Wildman–Crippen LogP) is 3.48. The Hall–Kier alpha value is -0.960. The second-order valence-corrected chi connectivity index (χ2v) is 5.88. The Balaban J connectivity index is 1.87. The van der Waals surface area contributed by atoms with Crippen LogP contribution in [-0.4, -0.2) is 17.6 Å². The maximum Gasteiger partial charge on any atom is 0.153 e. The Labute approximate surface area is 113 Å². The van der Waals surface area contributed by atoms with Crippen LogP contribution in [0.5, 0.6) is 0 Å². The highest BCUT2D eigenvalue weighted by Gasteiger charge is 2.34. The third kappa shape index (κ3) is 2.16. The monoisotopic (exact) mass is 265 g/mol. The molecular formula is C14H20ClN3. The molecule has 1 aromatic rings. The minimum Gasteiger partial charge on any atom is -0.396 e. The molecular weight excluding hydrogens is 246 g/mol. The summed E-state index contributed by atoms with van der Waals surface area (Å²) in [4.78, 5) is 6.84. The fourth-order valence-electron chi connectivity index (χ4n) is 3.55. The van der Waals surface area contributed by atoms with E-state index in [0.29, 0.717) is 11.2 Å². The van der Waals surface area contributed by atoms with Crippen molar-refractivity contribution in [3.05, 3.63) is 17.3 Å². The van der Waals surface area contributed by atoms with Crippen LogP contribution in [0.15, 0.2) is 12.1 Å². The second kappa shape index (κ2) is 4.96. The molecule has 3 nitrogen and oxygen atoms in total. The van der Waals surface area contributed by atoms with E-state index >= 15 is 0 Å². The Morgan fingerprint density at radius 2 is 1.94 bits per heavy atom. The predicted molar refractivity (Wildman–Crippen MR) is 76.0 cm³/mol. The molecule has 3 rings (SSSR count). The van der Waals surface area contributed by atoms with Crippen molar-refractivity contribution in [2.24, 2.45) is 5.92 Å². The number of nitrogen functional groups attached to an aromatic ring is 1. The van der Waals surface area contributed by atoms with Gasteiger partial charge in [-0.15, -0.1) is 0 Å². The Bertz CT molecular complexity index is 429. The number of anilines is 2. The van der Waals surface area contributed by atoms with E-state index < -0.39 is 0 Å². The molecule has 2 aliphatic rings. The van der Waals surface area contributed by atoms with E-state index in [1.807, 2.05) is 6.07 Å². The van der Waals surface area contributed by atoms with E-state index in [2.05, 4.69) is 9.88 Å². The molecule has 2 fully saturated rings. The fourth-order valence-corrected chi connectivity index (χ4v) is 3.70. The van der Waals surface area contributed by atoms with Crippen molar-refractivity contribution in [3.63, 3.8) is 0 Å². The Kier molecular flexibility index (Phi) is 3.33. The normalized spacial score (nSPS) is 24.9. The maximum absolute atomic E-state index is 6.07. The highest BCUT2D eigenvalue weighted by molar-refractivity contribution is 6.29. The average molecular weight is 266 g/mol. The number of nitrogens with zero attached hydrogens (tertiary/aromatic N) is 2. The zero-order chi connectivity index (χ0) is 12.5. The first-order valence-electron chi connectivity index (χ1n) is 6.94. The van der Waals surface area contributed by atoms with Crippen molar-refractivity contribution >= 4 is 23.1 Å². The minimum atomic E-state index is 0.538. The van der Waals surface area contributed by atoms with Crippen molar-refractivity contribution in [1.82, 2.24) is 4.98 Å². The zero-order valence-corrected chi connectivity index (χ0v) is 11.4. The van der Waals surface area contributed by atoms with Gasteiger partial charge < -0.3 is 10.6 Å². The molecule has 98 valence electrons. The SMILES string of the molecule is Nc1ccc(Cl)nc1N1CCCC1C1CCCC1. The largest absolute Gasteiger partial charge is 0.396 e. The highest BCUT2D eigenvalue weighted by Crippen LogP contribution is 2.38. The quantitative estimate of drug-likeness (QED) is 0.833. The van der Waals surface area contributed by atoms with E-state index in [4.69, 9.17) is 17.3 Å². The lowest BCUT2D eigenvalue weighted by Gasteiger charge is -2.31. The van der Waals surface area contributed by atoms with Crippen LogP contribution in [0.3, 0.4) is 0 Å². The summed E-state index contributed by atoms with van der Waals surface area (Å²) in [6.45, 7) is 1.07. The van der Waals surface area contributed by atoms with E-state index in [9.17, 15) is 0 Å². The lowest BCUT2D eigenvalue weighted by atomic mass is 9.96. The molecule has 0 radical (unpaired) electrons. The summed E-state index contributed by atoms with van der Waals surface area (Å²) in [6, 6.07) is 4.26. The number of aromatic nitrogens is 1. The van der Waals surface area contributed by atoms with Crippen LogP contribution in [0.4, 0.5) is 11.5 Å². The first-order valence-corrected chi connectivity index (χ1v) is 7.32. The number of pyridine rings is 1. The molecule has 0 aromatic carbocycles. The summed E-state index contributed by atoms with van der Waals surface area (Å²) in [5.74, 6) is 1.73. The van der Waals surface area contributed by atoms with Crippen molar-refractivity contribution in [3.8, 4) is 0 Å². The van der Waals surface area contributed by atoms with Crippen molar-refractivity contribution in [2.75, 3.05) is 17.2 Å². The van der Waals surface area contributed by atoms with Crippen LogP contribution in [-0.2, 0) is 0 Å². The van der Waals surface area contributed by atoms with Gasteiger partial charge in [0.2, 0.25) is 0 Å². The van der Waals surface area contributed by atoms with Gasteiger partial charge in [0, 0.05) is 12.6 Å². The number of rotatable bonds is 2. The van der Waals surface area contributed by atoms with Crippen LogP contribution >= 0.6 is 11.6 Å². The molecule has 2 heterocycles. The van der Waals surface area contributed by atoms with Crippen molar-refractivity contribution in [2.45, 2.75) is 44.6 Å². The van der Waals surface area contributed by atoms with Gasteiger partial charge in [-0.1, -0.05) is 24.4 Å². The number of hydrogen-bond donors (Lipinski definition) is 1. The molecule has 1 unspecified atom stereocenters. The van der Waals surface area contributed by atoms with Gasteiger partial charge in [-0.3, -0.25) is 0 Å².